The molecule has 0 saturated carbocycles. The normalized spacial score (nSPS) is 14.2. The number of fused-ring (bicyclic) bond motifs is 1. The molecule has 4 heteroatoms. The molecule has 0 N–H and O–H groups in total. The maximum Gasteiger partial charge on any atom is 0.127 e. The van der Waals surface area contributed by atoms with Crippen LogP contribution >= 0.6 is 11.6 Å². The molecule has 1 atom stereocenters. The molecule has 110 valence electrons. The maximum atomic E-state index is 13.5. The summed E-state index contributed by atoms with van der Waals surface area (Å²) in [5, 5.41) is -0.201. The van der Waals surface area contributed by atoms with E-state index in [1.165, 1.54) is 6.07 Å². The first-order valence-corrected chi connectivity index (χ1v) is 7.46. The Morgan fingerprint density at radius 1 is 1.30 bits per heavy atom. The highest BCUT2D eigenvalue weighted by atomic mass is 35.5. The summed E-state index contributed by atoms with van der Waals surface area (Å²) in [7, 11) is 0. The van der Waals surface area contributed by atoms with Crippen molar-refractivity contribution in [2.24, 2.45) is 11.3 Å². The fourth-order valence-corrected chi connectivity index (χ4v) is 2.34. The summed E-state index contributed by atoms with van der Waals surface area (Å²) >= 11 is 6.25. The molecule has 2 rings (SSSR count). The molecule has 0 fully saturated rings. The van der Waals surface area contributed by atoms with Crippen LogP contribution in [0.4, 0.5) is 4.39 Å². The zero-order valence-corrected chi connectivity index (χ0v) is 13.5. The summed E-state index contributed by atoms with van der Waals surface area (Å²) < 4.78 is 15.6. The van der Waals surface area contributed by atoms with E-state index in [0.717, 1.165) is 23.4 Å². The van der Waals surface area contributed by atoms with E-state index in [2.05, 4.69) is 37.2 Å². The molecule has 0 radical (unpaired) electrons. The average Bonchev–Trinajstić information content (AvgIpc) is 2.67. The lowest BCUT2D eigenvalue weighted by atomic mass is 9.81. The van der Waals surface area contributed by atoms with Crippen molar-refractivity contribution in [2.45, 2.75) is 46.5 Å². The zero-order valence-electron chi connectivity index (χ0n) is 12.7. The summed E-state index contributed by atoms with van der Waals surface area (Å²) in [6, 6.07) is 4.70. The van der Waals surface area contributed by atoms with Crippen molar-refractivity contribution in [3.63, 3.8) is 0 Å². The minimum Gasteiger partial charge on any atom is -0.326 e. The minimum atomic E-state index is -0.241. The fraction of sp³-hybridized carbons (Fsp3) is 0.562. The van der Waals surface area contributed by atoms with Gasteiger partial charge in [0.05, 0.1) is 16.4 Å². The third-order valence-corrected chi connectivity index (χ3v) is 4.42. The summed E-state index contributed by atoms with van der Waals surface area (Å²) in [6.45, 7) is 11.5. The second-order valence-electron chi connectivity index (χ2n) is 6.45. The largest absolute Gasteiger partial charge is 0.326 e. The van der Waals surface area contributed by atoms with Crippen LogP contribution in [0.25, 0.3) is 11.0 Å². The third kappa shape index (κ3) is 2.83. The Kier molecular flexibility index (Phi) is 4.10. The minimum absolute atomic E-state index is 0.0838. The van der Waals surface area contributed by atoms with Crippen molar-refractivity contribution in [3.05, 3.63) is 29.8 Å². The number of hydrogen-bond donors (Lipinski definition) is 0. The first kappa shape index (κ1) is 15.3. The van der Waals surface area contributed by atoms with E-state index in [-0.39, 0.29) is 16.6 Å². The van der Waals surface area contributed by atoms with Crippen LogP contribution in [0.3, 0.4) is 0 Å². The molecule has 1 heterocycles. The van der Waals surface area contributed by atoms with Crippen LogP contribution in [0, 0.1) is 17.2 Å². The molecule has 0 aliphatic rings. The standard InChI is InChI=1S/C16H22ClFN2/c1-10(2)16(4,5)9-20-14-8-12(18)6-7-13(14)19-15(20)11(3)17/h6-8,10-11H,9H2,1-5H3. The van der Waals surface area contributed by atoms with Crippen molar-refractivity contribution in [1.29, 1.82) is 0 Å². The van der Waals surface area contributed by atoms with Gasteiger partial charge >= 0.3 is 0 Å². The van der Waals surface area contributed by atoms with Gasteiger partial charge in [0.15, 0.2) is 0 Å². The van der Waals surface area contributed by atoms with E-state index in [9.17, 15) is 4.39 Å². The zero-order chi connectivity index (χ0) is 15.1. The summed E-state index contributed by atoms with van der Waals surface area (Å²) in [5.41, 5.74) is 1.70. The van der Waals surface area contributed by atoms with Crippen molar-refractivity contribution in [3.8, 4) is 0 Å². The number of nitrogens with zero attached hydrogens (tertiary/aromatic N) is 2. The number of rotatable bonds is 4. The highest BCUT2D eigenvalue weighted by molar-refractivity contribution is 6.20. The van der Waals surface area contributed by atoms with Gasteiger partial charge in [0.2, 0.25) is 0 Å². The highest BCUT2D eigenvalue weighted by Gasteiger charge is 2.26. The van der Waals surface area contributed by atoms with E-state index >= 15 is 0 Å². The lowest BCUT2D eigenvalue weighted by Gasteiger charge is -2.31. The molecule has 0 aliphatic heterocycles. The number of halogens is 2. The van der Waals surface area contributed by atoms with Gasteiger partial charge in [-0.15, -0.1) is 11.6 Å². The third-order valence-electron chi connectivity index (χ3n) is 4.22. The van der Waals surface area contributed by atoms with Gasteiger partial charge in [0.1, 0.15) is 11.6 Å². The van der Waals surface area contributed by atoms with Crippen LogP contribution in [-0.4, -0.2) is 9.55 Å². The van der Waals surface area contributed by atoms with Crippen molar-refractivity contribution >= 4 is 22.6 Å². The molecule has 0 saturated heterocycles. The molecular weight excluding hydrogens is 275 g/mol. The van der Waals surface area contributed by atoms with Gasteiger partial charge in [0, 0.05) is 6.54 Å². The fourth-order valence-electron chi connectivity index (χ4n) is 2.17. The van der Waals surface area contributed by atoms with Gasteiger partial charge in [-0.1, -0.05) is 27.7 Å². The lowest BCUT2D eigenvalue weighted by molar-refractivity contribution is 0.210. The van der Waals surface area contributed by atoms with Crippen molar-refractivity contribution in [2.75, 3.05) is 0 Å². The molecule has 1 aromatic carbocycles. The quantitative estimate of drug-likeness (QED) is 0.713. The van der Waals surface area contributed by atoms with E-state index in [1.54, 1.807) is 12.1 Å². The number of alkyl halides is 1. The average molecular weight is 297 g/mol. The van der Waals surface area contributed by atoms with Gasteiger partial charge in [-0.3, -0.25) is 0 Å². The molecule has 1 unspecified atom stereocenters. The van der Waals surface area contributed by atoms with Crippen LogP contribution in [0.1, 0.15) is 45.8 Å². The summed E-state index contributed by atoms with van der Waals surface area (Å²) in [5.74, 6) is 1.07. The van der Waals surface area contributed by atoms with Gasteiger partial charge in [-0.2, -0.15) is 0 Å². The molecule has 20 heavy (non-hydrogen) atoms. The van der Waals surface area contributed by atoms with Gasteiger partial charge in [-0.25, -0.2) is 9.37 Å². The van der Waals surface area contributed by atoms with Crippen LogP contribution in [0.2, 0.25) is 0 Å². The first-order valence-electron chi connectivity index (χ1n) is 7.02. The number of benzene rings is 1. The molecule has 0 spiro atoms. The number of imidazole rings is 1. The van der Waals surface area contributed by atoms with E-state index in [1.807, 2.05) is 6.92 Å². The SMILES string of the molecule is CC(Cl)c1nc2ccc(F)cc2n1CC(C)(C)C(C)C. The van der Waals surface area contributed by atoms with Crippen molar-refractivity contribution < 1.29 is 4.39 Å². The molecule has 1 aromatic heterocycles. The van der Waals surface area contributed by atoms with Crippen molar-refractivity contribution in [1.82, 2.24) is 9.55 Å². The molecule has 0 aliphatic carbocycles. The Labute approximate surface area is 125 Å². The van der Waals surface area contributed by atoms with E-state index < -0.39 is 0 Å². The highest BCUT2D eigenvalue weighted by Crippen LogP contribution is 2.33. The second-order valence-corrected chi connectivity index (χ2v) is 7.10. The predicted molar refractivity (Wildman–Crippen MR) is 82.6 cm³/mol. The lowest BCUT2D eigenvalue weighted by Crippen LogP contribution is -2.26. The van der Waals surface area contributed by atoms with E-state index in [0.29, 0.717) is 5.92 Å². The van der Waals surface area contributed by atoms with Crippen LogP contribution in [-0.2, 0) is 6.54 Å². The maximum absolute atomic E-state index is 13.5. The van der Waals surface area contributed by atoms with Gasteiger partial charge in [-0.05, 0) is 36.5 Å². The monoisotopic (exact) mass is 296 g/mol. The Bertz CT molecular complexity index is 614. The Balaban J connectivity index is 2.59. The topological polar surface area (TPSA) is 17.8 Å². The number of aromatic nitrogens is 2. The van der Waals surface area contributed by atoms with Gasteiger partial charge < -0.3 is 4.57 Å². The first-order chi connectivity index (χ1) is 9.22. The van der Waals surface area contributed by atoms with Crippen LogP contribution < -0.4 is 0 Å². The second kappa shape index (κ2) is 5.36. The number of hydrogen-bond acceptors (Lipinski definition) is 1. The molecular formula is C16H22ClFN2. The van der Waals surface area contributed by atoms with Gasteiger partial charge in [0.25, 0.3) is 0 Å². The Hall–Kier alpha value is -1.09. The molecule has 0 bridgehead atoms. The Morgan fingerprint density at radius 2 is 1.95 bits per heavy atom. The molecule has 2 aromatic rings. The summed E-state index contributed by atoms with van der Waals surface area (Å²) in [4.78, 5) is 4.56. The molecule has 0 amide bonds. The van der Waals surface area contributed by atoms with E-state index in [4.69, 9.17) is 11.6 Å². The van der Waals surface area contributed by atoms with Crippen LogP contribution in [0.5, 0.6) is 0 Å². The molecule has 2 nitrogen and oxygen atoms in total. The predicted octanol–water partition coefficient (Wildman–Crippen LogP) is 5.16. The van der Waals surface area contributed by atoms with Crippen LogP contribution in [0.15, 0.2) is 18.2 Å². The Morgan fingerprint density at radius 3 is 2.50 bits per heavy atom. The smallest absolute Gasteiger partial charge is 0.127 e. The summed E-state index contributed by atoms with van der Waals surface area (Å²) in [6.07, 6.45) is 0.